The highest BCUT2D eigenvalue weighted by atomic mass is 14.7. The molecule has 0 aliphatic heterocycles. The molecule has 0 aliphatic rings. The number of nitrogens with zero attached hydrogens (tertiary/aromatic N) is 1. The topological polar surface area (TPSA) is 12.4 Å². The van der Waals surface area contributed by atoms with Crippen molar-refractivity contribution >= 4 is 5.87 Å². The summed E-state index contributed by atoms with van der Waals surface area (Å²) in [6.07, 6.45) is 7.25. The molecule has 0 aliphatic carbocycles. The first kappa shape index (κ1) is 12.4. The summed E-state index contributed by atoms with van der Waals surface area (Å²) in [5.41, 5.74) is 1.39. The first-order valence-electron chi connectivity index (χ1n) is 5.62. The minimum absolute atomic E-state index is 0.951. The van der Waals surface area contributed by atoms with Crippen molar-refractivity contribution < 1.29 is 0 Å². The van der Waals surface area contributed by atoms with Crippen LogP contribution in [0, 0.1) is 0 Å². The maximum absolute atomic E-state index is 4.30. The van der Waals surface area contributed by atoms with E-state index in [0.717, 1.165) is 13.0 Å². The third-order valence-corrected chi connectivity index (χ3v) is 2.12. The Morgan fingerprint density at radius 3 is 2.31 bits per heavy atom. The van der Waals surface area contributed by atoms with Crippen LogP contribution in [0.1, 0.15) is 59.3 Å². The van der Waals surface area contributed by atoms with Crippen LogP contribution in [-0.2, 0) is 0 Å². The van der Waals surface area contributed by atoms with Crippen LogP contribution in [0.15, 0.2) is 10.6 Å². The van der Waals surface area contributed by atoms with Gasteiger partial charge in [-0.15, -0.1) is 0 Å². The zero-order chi connectivity index (χ0) is 9.94. The van der Waals surface area contributed by atoms with E-state index >= 15 is 0 Å². The molecule has 0 aromatic carbocycles. The van der Waals surface area contributed by atoms with E-state index in [1.54, 1.807) is 0 Å². The second-order valence-electron chi connectivity index (χ2n) is 3.41. The number of hydrogen-bond donors (Lipinski definition) is 0. The third kappa shape index (κ3) is 7.80. The number of hydrogen-bond acceptors (Lipinski definition) is 1. The predicted octanol–water partition coefficient (Wildman–Crippen LogP) is 3.98. The second-order valence-corrected chi connectivity index (χ2v) is 3.41. The predicted molar refractivity (Wildman–Crippen MR) is 60.5 cm³/mol. The summed E-state index contributed by atoms with van der Waals surface area (Å²) < 4.78 is 0. The lowest BCUT2D eigenvalue weighted by molar-refractivity contribution is 0.771. The molecule has 0 unspecified atom stereocenters. The number of unbranched alkanes of at least 4 members (excludes halogenated alkanes) is 2. The molecule has 0 fully saturated rings. The van der Waals surface area contributed by atoms with Crippen LogP contribution in [0.5, 0.6) is 0 Å². The SMILES string of the molecule is CCCCN=C=C(CC)CCCC. The lowest BCUT2D eigenvalue weighted by Crippen LogP contribution is -1.84. The van der Waals surface area contributed by atoms with Crippen LogP contribution in [0.3, 0.4) is 0 Å². The van der Waals surface area contributed by atoms with E-state index in [2.05, 4.69) is 31.6 Å². The highest BCUT2D eigenvalue weighted by molar-refractivity contribution is 5.57. The Balaban J connectivity index is 3.81. The molecule has 0 rings (SSSR count). The van der Waals surface area contributed by atoms with E-state index in [4.69, 9.17) is 0 Å². The molecule has 1 heteroatoms. The van der Waals surface area contributed by atoms with Crippen molar-refractivity contribution in [2.75, 3.05) is 6.54 Å². The molecule has 0 N–H and O–H groups in total. The molecule has 0 saturated heterocycles. The van der Waals surface area contributed by atoms with E-state index in [1.807, 2.05) is 0 Å². The van der Waals surface area contributed by atoms with Crippen LogP contribution in [0.25, 0.3) is 0 Å². The van der Waals surface area contributed by atoms with Crippen molar-refractivity contribution in [3.63, 3.8) is 0 Å². The molecular weight excluding hydrogens is 158 g/mol. The van der Waals surface area contributed by atoms with Crippen molar-refractivity contribution in [3.05, 3.63) is 5.57 Å². The first-order valence-corrected chi connectivity index (χ1v) is 5.62. The van der Waals surface area contributed by atoms with Gasteiger partial charge in [-0.25, -0.2) is 4.99 Å². The lowest BCUT2D eigenvalue weighted by Gasteiger charge is -1.97. The molecule has 0 bridgehead atoms. The molecule has 76 valence electrons. The maximum atomic E-state index is 4.30. The van der Waals surface area contributed by atoms with E-state index in [9.17, 15) is 0 Å². The number of rotatable bonds is 7. The summed E-state index contributed by atoms with van der Waals surface area (Å²) in [7, 11) is 0. The Kier molecular flexibility index (Phi) is 9.13. The lowest BCUT2D eigenvalue weighted by atomic mass is 10.1. The smallest absolute Gasteiger partial charge is 0.0483 e. The van der Waals surface area contributed by atoms with E-state index < -0.39 is 0 Å². The van der Waals surface area contributed by atoms with Crippen LogP contribution in [0.4, 0.5) is 0 Å². The van der Waals surface area contributed by atoms with Crippen LogP contribution in [-0.4, -0.2) is 12.4 Å². The third-order valence-electron chi connectivity index (χ3n) is 2.12. The summed E-state index contributed by atoms with van der Waals surface area (Å²) in [4.78, 5) is 4.30. The van der Waals surface area contributed by atoms with Gasteiger partial charge in [-0.1, -0.05) is 33.6 Å². The van der Waals surface area contributed by atoms with Crippen LogP contribution in [0.2, 0.25) is 0 Å². The Bertz CT molecular complexity index is 164. The van der Waals surface area contributed by atoms with Gasteiger partial charge in [0.15, 0.2) is 0 Å². The highest BCUT2D eigenvalue weighted by Gasteiger charge is 1.91. The molecule has 0 spiro atoms. The number of aliphatic imine (C=N–C) groups is 1. The van der Waals surface area contributed by atoms with Crippen molar-refractivity contribution in [2.45, 2.75) is 59.3 Å². The van der Waals surface area contributed by atoms with Crippen molar-refractivity contribution in [1.82, 2.24) is 0 Å². The molecular formula is C12H23N. The van der Waals surface area contributed by atoms with Gasteiger partial charge in [0.25, 0.3) is 0 Å². The Labute approximate surface area is 83.0 Å². The number of allylic oxidation sites excluding steroid dienone is 1. The molecule has 0 saturated carbocycles. The summed E-state index contributed by atoms with van der Waals surface area (Å²) >= 11 is 0. The highest BCUT2D eigenvalue weighted by Crippen LogP contribution is 2.07. The van der Waals surface area contributed by atoms with Gasteiger partial charge in [0, 0.05) is 6.54 Å². The maximum Gasteiger partial charge on any atom is 0.0483 e. The zero-order valence-corrected chi connectivity index (χ0v) is 9.40. The average Bonchev–Trinajstić information content (AvgIpc) is 2.17. The summed E-state index contributed by atoms with van der Waals surface area (Å²) in [6, 6.07) is 0. The van der Waals surface area contributed by atoms with Gasteiger partial charge in [0.2, 0.25) is 0 Å². The van der Waals surface area contributed by atoms with E-state index in [-0.39, 0.29) is 0 Å². The Hall–Kier alpha value is -0.550. The normalized spacial score (nSPS) is 9.46. The minimum Gasteiger partial charge on any atom is -0.243 e. The van der Waals surface area contributed by atoms with Crippen LogP contribution >= 0.6 is 0 Å². The Morgan fingerprint density at radius 1 is 1.08 bits per heavy atom. The fourth-order valence-electron chi connectivity index (χ4n) is 1.11. The molecule has 0 radical (unpaired) electrons. The van der Waals surface area contributed by atoms with E-state index in [1.165, 1.54) is 37.7 Å². The minimum atomic E-state index is 0.951. The molecule has 0 aromatic heterocycles. The Morgan fingerprint density at radius 2 is 1.77 bits per heavy atom. The summed E-state index contributed by atoms with van der Waals surface area (Å²) in [5.74, 6) is 3.18. The largest absolute Gasteiger partial charge is 0.243 e. The molecule has 0 amide bonds. The van der Waals surface area contributed by atoms with Gasteiger partial charge in [0.1, 0.15) is 0 Å². The summed E-state index contributed by atoms with van der Waals surface area (Å²) in [6.45, 7) is 7.55. The average molecular weight is 181 g/mol. The van der Waals surface area contributed by atoms with Crippen LogP contribution < -0.4 is 0 Å². The zero-order valence-electron chi connectivity index (χ0n) is 9.40. The van der Waals surface area contributed by atoms with Gasteiger partial charge >= 0.3 is 0 Å². The quantitative estimate of drug-likeness (QED) is 0.416. The van der Waals surface area contributed by atoms with E-state index in [0.29, 0.717) is 0 Å². The summed E-state index contributed by atoms with van der Waals surface area (Å²) in [5, 5.41) is 0. The van der Waals surface area contributed by atoms with Crippen molar-refractivity contribution in [2.24, 2.45) is 4.99 Å². The molecule has 1 nitrogen and oxygen atoms in total. The fraction of sp³-hybridized carbons (Fsp3) is 0.833. The first-order chi connectivity index (χ1) is 6.35. The second kappa shape index (κ2) is 9.54. The molecule has 0 aromatic rings. The van der Waals surface area contributed by atoms with Gasteiger partial charge in [-0.3, -0.25) is 0 Å². The standard InChI is InChI=1S/C12H23N/c1-4-7-9-12(6-3)11-13-10-8-5-2/h4-10H2,1-3H3. The van der Waals surface area contributed by atoms with Gasteiger partial charge in [0.05, 0.1) is 0 Å². The molecule has 0 heterocycles. The van der Waals surface area contributed by atoms with Crippen molar-refractivity contribution in [3.8, 4) is 0 Å². The van der Waals surface area contributed by atoms with Gasteiger partial charge in [-0.2, -0.15) is 0 Å². The fourth-order valence-corrected chi connectivity index (χ4v) is 1.11. The van der Waals surface area contributed by atoms with Gasteiger partial charge < -0.3 is 0 Å². The monoisotopic (exact) mass is 181 g/mol. The van der Waals surface area contributed by atoms with Crippen molar-refractivity contribution in [1.29, 1.82) is 0 Å². The molecule has 13 heavy (non-hydrogen) atoms. The molecule has 0 atom stereocenters. The van der Waals surface area contributed by atoms with Gasteiger partial charge in [-0.05, 0) is 37.1 Å².